The second-order valence-corrected chi connectivity index (χ2v) is 11.8. The fourth-order valence-corrected chi connectivity index (χ4v) is 6.01. The molecule has 0 N–H and O–H groups in total. The van der Waals surface area contributed by atoms with E-state index < -0.39 is 11.0 Å². The number of carbonyl (C=O) groups excluding carboxylic acids is 2. The standard InChI is InChI=1S/C31H35ClN4O3/c1-5-6-7-8-15-35-24(19-22-18-23(32)9-10-26(22)35)21-36-27-20-33-14-11-25(27)31(28(36)37)12-16-34(17-13-31)29(38)39-30(2,3)4/h9-11,14,18-20H,7-8,12-13,15-17,21H2,1-4H3. The topological polar surface area (TPSA) is 67.7 Å². The number of unbranched alkanes of at least 4 members (excludes halogenated alkanes) is 1. The zero-order valence-corrected chi connectivity index (χ0v) is 23.8. The number of anilines is 1. The lowest BCUT2D eigenvalue weighted by atomic mass is 9.74. The van der Waals surface area contributed by atoms with E-state index in [0.717, 1.165) is 47.2 Å². The molecule has 0 atom stereocenters. The van der Waals surface area contributed by atoms with Gasteiger partial charge in [-0.2, -0.15) is 0 Å². The van der Waals surface area contributed by atoms with Crippen LogP contribution in [0.3, 0.4) is 0 Å². The van der Waals surface area contributed by atoms with Gasteiger partial charge >= 0.3 is 6.09 Å². The van der Waals surface area contributed by atoms with E-state index in [2.05, 4.69) is 27.5 Å². The highest BCUT2D eigenvalue weighted by Crippen LogP contribution is 2.48. The number of ether oxygens (including phenoxy) is 1. The van der Waals surface area contributed by atoms with Gasteiger partial charge in [-0.05, 0) is 82.9 Å². The summed E-state index contributed by atoms with van der Waals surface area (Å²) in [5, 5.41) is 1.74. The van der Waals surface area contributed by atoms with Crippen LogP contribution in [0.1, 0.15) is 64.6 Å². The van der Waals surface area contributed by atoms with E-state index >= 15 is 0 Å². The highest BCUT2D eigenvalue weighted by Gasteiger charge is 2.53. The number of nitrogens with zero attached hydrogens (tertiary/aromatic N) is 4. The first-order valence-corrected chi connectivity index (χ1v) is 13.9. The minimum Gasteiger partial charge on any atom is -0.444 e. The van der Waals surface area contributed by atoms with Crippen LogP contribution in [0.15, 0.2) is 42.7 Å². The molecule has 8 heteroatoms. The Kier molecular flexibility index (Phi) is 7.35. The van der Waals surface area contributed by atoms with Crippen LogP contribution in [0, 0.1) is 11.8 Å². The van der Waals surface area contributed by atoms with Gasteiger partial charge in [-0.25, -0.2) is 4.79 Å². The first kappa shape index (κ1) is 27.1. The molecule has 2 amide bonds. The fourth-order valence-electron chi connectivity index (χ4n) is 5.83. The number of likely N-dealkylation sites (tertiary alicyclic amines) is 1. The van der Waals surface area contributed by atoms with Crippen molar-refractivity contribution in [3.05, 3.63) is 59.0 Å². The van der Waals surface area contributed by atoms with Crippen LogP contribution >= 0.6 is 11.6 Å². The van der Waals surface area contributed by atoms with Crippen molar-refractivity contribution in [2.24, 2.45) is 0 Å². The molecular formula is C31H35ClN4O3. The Morgan fingerprint density at radius 2 is 1.95 bits per heavy atom. The maximum atomic E-state index is 14.2. The van der Waals surface area contributed by atoms with Gasteiger partial charge in [0.2, 0.25) is 5.91 Å². The first-order chi connectivity index (χ1) is 18.6. The Bertz CT molecular complexity index is 1470. The molecule has 1 fully saturated rings. The molecule has 1 saturated heterocycles. The molecule has 39 heavy (non-hydrogen) atoms. The van der Waals surface area contributed by atoms with E-state index in [9.17, 15) is 9.59 Å². The zero-order chi connectivity index (χ0) is 27.8. The van der Waals surface area contributed by atoms with Crippen molar-refractivity contribution in [3.8, 4) is 11.8 Å². The van der Waals surface area contributed by atoms with E-state index in [0.29, 0.717) is 37.5 Å². The molecule has 0 radical (unpaired) electrons. The van der Waals surface area contributed by atoms with Gasteiger partial charge in [-0.3, -0.25) is 9.78 Å². The third-order valence-electron chi connectivity index (χ3n) is 7.66. The van der Waals surface area contributed by atoms with Gasteiger partial charge < -0.3 is 19.1 Å². The molecule has 0 unspecified atom stereocenters. The van der Waals surface area contributed by atoms with Crippen molar-refractivity contribution in [1.29, 1.82) is 0 Å². The lowest BCUT2D eigenvalue weighted by molar-refractivity contribution is -0.125. The Labute approximate surface area is 235 Å². The van der Waals surface area contributed by atoms with Gasteiger partial charge in [0.25, 0.3) is 0 Å². The summed E-state index contributed by atoms with van der Waals surface area (Å²) in [4.78, 5) is 34.9. The molecule has 1 aromatic carbocycles. The minimum absolute atomic E-state index is 0.0704. The zero-order valence-electron chi connectivity index (χ0n) is 23.1. The quantitative estimate of drug-likeness (QED) is 0.278. The minimum atomic E-state index is -0.673. The third kappa shape index (κ3) is 5.23. The van der Waals surface area contributed by atoms with Crippen molar-refractivity contribution < 1.29 is 14.3 Å². The highest BCUT2D eigenvalue weighted by atomic mass is 35.5. The second kappa shape index (κ2) is 10.6. The Morgan fingerprint density at radius 1 is 1.18 bits per heavy atom. The summed E-state index contributed by atoms with van der Waals surface area (Å²) < 4.78 is 7.86. The number of aryl methyl sites for hydroxylation is 1. The number of fused-ring (bicyclic) bond motifs is 3. The molecule has 0 saturated carbocycles. The molecule has 7 nitrogen and oxygen atoms in total. The summed E-state index contributed by atoms with van der Waals surface area (Å²) in [7, 11) is 0. The number of piperidine rings is 1. The predicted octanol–water partition coefficient (Wildman–Crippen LogP) is 6.31. The third-order valence-corrected chi connectivity index (χ3v) is 7.89. The Hall–Kier alpha value is -3.50. The molecular weight excluding hydrogens is 512 g/mol. The summed E-state index contributed by atoms with van der Waals surface area (Å²) in [6.07, 6.45) is 6.05. The highest BCUT2D eigenvalue weighted by molar-refractivity contribution is 6.31. The number of benzene rings is 1. The summed E-state index contributed by atoms with van der Waals surface area (Å²) in [5.74, 6) is 6.19. The number of hydrogen-bond donors (Lipinski definition) is 0. The fraction of sp³-hybridized carbons (Fsp3) is 0.452. The number of amides is 2. The maximum absolute atomic E-state index is 14.2. The molecule has 1 spiro atoms. The van der Waals surface area contributed by atoms with Crippen LogP contribution in [0.25, 0.3) is 10.9 Å². The molecule has 4 heterocycles. The van der Waals surface area contributed by atoms with Gasteiger partial charge in [-0.1, -0.05) is 11.6 Å². The van der Waals surface area contributed by atoms with Crippen molar-refractivity contribution in [2.45, 2.75) is 77.5 Å². The summed E-state index contributed by atoms with van der Waals surface area (Å²) in [5.41, 5.74) is 2.75. The van der Waals surface area contributed by atoms with E-state index in [4.69, 9.17) is 16.3 Å². The van der Waals surface area contributed by atoms with E-state index in [1.54, 1.807) is 17.3 Å². The summed E-state index contributed by atoms with van der Waals surface area (Å²) in [6.45, 7) is 9.61. The maximum Gasteiger partial charge on any atom is 0.410 e. The van der Waals surface area contributed by atoms with Crippen LogP contribution in [-0.2, 0) is 28.0 Å². The van der Waals surface area contributed by atoms with Gasteiger partial charge in [0.15, 0.2) is 0 Å². The number of aromatic nitrogens is 2. The number of pyridine rings is 1. The number of hydrogen-bond acceptors (Lipinski definition) is 4. The smallest absolute Gasteiger partial charge is 0.410 e. The lowest BCUT2D eigenvalue weighted by Gasteiger charge is -2.38. The van der Waals surface area contributed by atoms with E-state index in [1.165, 1.54) is 0 Å². The number of rotatable bonds is 5. The number of halogens is 1. The average Bonchev–Trinajstić information content (AvgIpc) is 3.34. The normalized spacial score (nSPS) is 16.4. The van der Waals surface area contributed by atoms with Crippen molar-refractivity contribution in [2.75, 3.05) is 18.0 Å². The summed E-state index contributed by atoms with van der Waals surface area (Å²) >= 11 is 6.32. The molecule has 3 aromatic rings. The molecule has 0 bridgehead atoms. The van der Waals surface area contributed by atoms with Crippen LogP contribution in [-0.4, -0.2) is 45.1 Å². The van der Waals surface area contributed by atoms with Gasteiger partial charge in [0.1, 0.15) is 5.60 Å². The molecule has 2 aliphatic rings. The Morgan fingerprint density at radius 3 is 2.67 bits per heavy atom. The molecule has 0 aliphatic carbocycles. The van der Waals surface area contributed by atoms with Crippen LogP contribution in [0.4, 0.5) is 10.5 Å². The first-order valence-electron chi connectivity index (χ1n) is 13.5. The molecule has 2 aliphatic heterocycles. The van der Waals surface area contributed by atoms with E-state index in [1.807, 2.05) is 56.9 Å². The Balaban J connectivity index is 1.43. The van der Waals surface area contributed by atoms with Gasteiger partial charge in [-0.15, -0.1) is 11.8 Å². The van der Waals surface area contributed by atoms with Gasteiger partial charge in [0.05, 0.1) is 23.8 Å². The van der Waals surface area contributed by atoms with Crippen LogP contribution in [0.5, 0.6) is 0 Å². The van der Waals surface area contributed by atoms with Crippen molar-refractivity contribution >= 4 is 40.2 Å². The van der Waals surface area contributed by atoms with Crippen molar-refractivity contribution in [1.82, 2.24) is 14.5 Å². The predicted molar refractivity (Wildman–Crippen MR) is 154 cm³/mol. The van der Waals surface area contributed by atoms with Crippen LogP contribution in [0.2, 0.25) is 5.02 Å². The second-order valence-electron chi connectivity index (χ2n) is 11.4. The van der Waals surface area contributed by atoms with Crippen molar-refractivity contribution in [3.63, 3.8) is 0 Å². The largest absolute Gasteiger partial charge is 0.444 e. The lowest BCUT2D eigenvalue weighted by Crippen LogP contribution is -2.50. The van der Waals surface area contributed by atoms with Gasteiger partial charge in [0, 0.05) is 53.9 Å². The molecule has 5 rings (SSSR count). The average molecular weight is 547 g/mol. The summed E-state index contributed by atoms with van der Waals surface area (Å²) in [6, 6.07) is 10.0. The monoisotopic (exact) mass is 546 g/mol. The number of carbonyl (C=O) groups is 2. The van der Waals surface area contributed by atoms with E-state index in [-0.39, 0.29) is 12.0 Å². The van der Waals surface area contributed by atoms with Crippen LogP contribution < -0.4 is 4.90 Å². The SMILES string of the molecule is CC#CCCCn1c(CN2C(=O)C3(CCN(C(=O)OC(C)(C)C)CC3)c3ccncc32)cc2cc(Cl)ccc21. The molecule has 204 valence electrons. The molecule has 2 aromatic heterocycles.